The fourth-order valence-corrected chi connectivity index (χ4v) is 4.77. The fourth-order valence-electron chi connectivity index (χ4n) is 4.77. The van der Waals surface area contributed by atoms with Crippen LogP contribution in [0.5, 0.6) is 0 Å². The summed E-state index contributed by atoms with van der Waals surface area (Å²) in [5.74, 6) is -0.145. The predicted molar refractivity (Wildman–Crippen MR) is 171 cm³/mol. The lowest BCUT2D eigenvalue weighted by atomic mass is 10.1. The molecule has 6 rings (SSSR count). The maximum absolute atomic E-state index is 14.1. The SMILES string of the molecule is C.CC[C@H](N)c1nc2cccc(F)c2c(=O)n1-c1ccccc1.C[C@H](N)c1nc2ccc(F)cc2c(=O)n1-c1ccccc1. The topological polar surface area (TPSA) is 122 Å². The second-order valence-corrected chi connectivity index (χ2v) is 9.99. The highest BCUT2D eigenvalue weighted by Gasteiger charge is 2.19. The van der Waals surface area contributed by atoms with Crippen LogP contribution in [0.1, 0.15) is 51.4 Å². The van der Waals surface area contributed by atoms with E-state index in [9.17, 15) is 18.4 Å². The van der Waals surface area contributed by atoms with Gasteiger partial charge in [-0.05, 0) is 67.9 Å². The molecule has 0 aliphatic rings. The van der Waals surface area contributed by atoms with Crippen LogP contribution in [-0.2, 0) is 0 Å². The molecule has 2 aromatic heterocycles. The summed E-state index contributed by atoms with van der Waals surface area (Å²) in [7, 11) is 0. The van der Waals surface area contributed by atoms with Crippen molar-refractivity contribution in [3.05, 3.63) is 141 Å². The highest BCUT2D eigenvalue weighted by molar-refractivity contribution is 5.79. The van der Waals surface area contributed by atoms with Crippen LogP contribution in [0.2, 0.25) is 0 Å². The molecule has 44 heavy (non-hydrogen) atoms. The highest BCUT2D eigenvalue weighted by Crippen LogP contribution is 2.20. The summed E-state index contributed by atoms with van der Waals surface area (Å²) in [4.78, 5) is 34.4. The van der Waals surface area contributed by atoms with Crippen molar-refractivity contribution in [2.75, 3.05) is 0 Å². The Morgan fingerprint density at radius 2 is 1.30 bits per heavy atom. The number of nitrogens with two attached hydrogens (primary N) is 2. The van der Waals surface area contributed by atoms with E-state index < -0.39 is 29.3 Å². The molecule has 2 atom stereocenters. The average Bonchev–Trinajstić information content (AvgIpc) is 3.01. The van der Waals surface area contributed by atoms with Gasteiger partial charge >= 0.3 is 0 Å². The van der Waals surface area contributed by atoms with Crippen molar-refractivity contribution in [2.24, 2.45) is 11.5 Å². The molecule has 8 nitrogen and oxygen atoms in total. The molecular formula is C34H34F2N6O2. The van der Waals surface area contributed by atoms with Gasteiger partial charge in [-0.15, -0.1) is 0 Å². The Morgan fingerprint density at radius 3 is 1.86 bits per heavy atom. The molecule has 0 aliphatic heterocycles. The lowest BCUT2D eigenvalue weighted by molar-refractivity contribution is 0.614. The summed E-state index contributed by atoms with van der Waals surface area (Å²) in [6.07, 6.45) is 0.625. The van der Waals surface area contributed by atoms with Crippen LogP contribution in [0, 0.1) is 11.6 Å². The van der Waals surface area contributed by atoms with E-state index >= 15 is 0 Å². The van der Waals surface area contributed by atoms with Gasteiger partial charge in [0, 0.05) is 0 Å². The van der Waals surface area contributed by atoms with E-state index in [4.69, 9.17) is 11.5 Å². The van der Waals surface area contributed by atoms with Gasteiger partial charge in [-0.3, -0.25) is 18.7 Å². The fraction of sp³-hybridized carbons (Fsp3) is 0.176. The zero-order chi connectivity index (χ0) is 30.7. The Morgan fingerprint density at radius 1 is 0.727 bits per heavy atom. The number of para-hydroxylation sites is 2. The number of aromatic nitrogens is 4. The number of hydrogen-bond donors (Lipinski definition) is 2. The van der Waals surface area contributed by atoms with E-state index in [2.05, 4.69) is 9.97 Å². The van der Waals surface area contributed by atoms with Gasteiger partial charge in [0.1, 0.15) is 28.7 Å². The standard InChI is InChI=1S/C17H16FN3O.C16H14FN3O.CH4/c1-2-13(19)16-20-14-10-6-9-12(18)15(14)17(22)21(16)11-7-4-3-5-8-11;1-10(18)15-19-14-8-7-11(17)9-13(14)16(21)20(15)12-5-3-2-4-6-12;/h3-10,13H,2,19H2,1H3;2-10H,18H2,1H3;1H4/t13-;10-;/m00./s1. The highest BCUT2D eigenvalue weighted by atomic mass is 19.1. The zero-order valence-corrected chi connectivity index (χ0v) is 23.6. The first-order chi connectivity index (χ1) is 20.7. The van der Waals surface area contributed by atoms with Gasteiger partial charge in [0.05, 0.1) is 39.9 Å². The first-order valence-electron chi connectivity index (χ1n) is 13.8. The third kappa shape index (κ3) is 6.17. The number of nitrogens with zero attached hydrogens (tertiary/aromatic N) is 4. The lowest BCUT2D eigenvalue weighted by Gasteiger charge is -2.17. The molecule has 226 valence electrons. The van der Waals surface area contributed by atoms with Crippen LogP contribution in [0.4, 0.5) is 8.78 Å². The predicted octanol–water partition coefficient (Wildman–Crippen LogP) is 6.12. The average molecular weight is 597 g/mol. The van der Waals surface area contributed by atoms with Crippen LogP contribution in [0.25, 0.3) is 33.2 Å². The quantitative estimate of drug-likeness (QED) is 0.248. The normalized spacial score (nSPS) is 12.2. The van der Waals surface area contributed by atoms with Crippen molar-refractivity contribution in [2.45, 2.75) is 39.8 Å². The molecule has 0 unspecified atom stereocenters. The third-order valence-electron chi connectivity index (χ3n) is 6.94. The van der Waals surface area contributed by atoms with Crippen molar-refractivity contribution >= 4 is 21.8 Å². The molecule has 4 aromatic carbocycles. The van der Waals surface area contributed by atoms with Crippen molar-refractivity contribution < 1.29 is 8.78 Å². The van der Waals surface area contributed by atoms with Crippen LogP contribution in [0.3, 0.4) is 0 Å². The monoisotopic (exact) mass is 596 g/mol. The van der Waals surface area contributed by atoms with Crippen LogP contribution in [0.15, 0.2) is 107 Å². The smallest absolute Gasteiger partial charge is 0.269 e. The van der Waals surface area contributed by atoms with E-state index in [0.29, 0.717) is 40.5 Å². The van der Waals surface area contributed by atoms with E-state index in [0.717, 1.165) is 0 Å². The third-order valence-corrected chi connectivity index (χ3v) is 6.94. The second kappa shape index (κ2) is 13.5. The summed E-state index contributed by atoms with van der Waals surface area (Å²) in [6.45, 7) is 3.68. The Balaban J connectivity index is 0.000000197. The zero-order valence-electron chi connectivity index (χ0n) is 23.6. The molecule has 0 radical (unpaired) electrons. The number of rotatable bonds is 5. The van der Waals surface area contributed by atoms with Gasteiger partial charge < -0.3 is 11.5 Å². The van der Waals surface area contributed by atoms with Crippen molar-refractivity contribution in [1.82, 2.24) is 19.1 Å². The van der Waals surface area contributed by atoms with Crippen LogP contribution in [-0.4, -0.2) is 19.1 Å². The summed E-state index contributed by atoms with van der Waals surface area (Å²) in [5.41, 5.74) is 13.4. The lowest BCUT2D eigenvalue weighted by Crippen LogP contribution is -2.28. The van der Waals surface area contributed by atoms with E-state index in [1.165, 1.54) is 39.5 Å². The van der Waals surface area contributed by atoms with Crippen LogP contribution >= 0.6 is 0 Å². The molecular weight excluding hydrogens is 562 g/mol. The molecule has 0 saturated carbocycles. The number of hydrogen-bond acceptors (Lipinski definition) is 6. The number of fused-ring (bicyclic) bond motifs is 2. The van der Waals surface area contributed by atoms with E-state index in [1.807, 2.05) is 43.3 Å². The Labute approximate surface area is 253 Å². The maximum atomic E-state index is 14.1. The van der Waals surface area contributed by atoms with Crippen molar-refractivity contribution in [3.8, 4) is 11.4 Å². The first kappa shape index (κ1) is 31.9. The second-order valence-electron chi connectivity index (χ2n) is 9.99. The molecule has 4 N–H and O–H groups in total. The van der Waals surface area contributed by atoms with Gasteiger partial charge in [0.15, 0.2) is 0 Å². The molecule has 0 spiro atoms. The Bertz CT molecular complexity index is 2030. The number of benzene rings is 4. The minimum Gasteiger partial charge on any atom is -0.322 e. The van der Waals surface area contributed by atoms with E-state index in [-0.39, 0.29) is 23.8 Å². The minimum absolute atomic E-state index is 0. The number of halogens is 2. The van der Waals surface area contributed by atoms with Crippen molar-refractivity contribution in [3.63, 3.8) is 0 Å². The van der Waals surface area contributed by atoms with Crippen LogP contribution < -0.4 is 22.6 Å². The molecule has 0 aliphatic carbocycles. The van der Waals surface area contributed by atoms with Gasteiger partial charge in [-0.1, -0.05) is 56.8 Å². The summed E-state index contributed by atoms with van der Waals surface area (Å²) < 4.78 is 30.3. The molecule has 0 bridgehead atoms. The Kier molecular flexibility index (Phi) is 9.77. The van der Waals surface area contributed by atoms with Crippen molar-refractivity contribution in [1.29, 1.82) is 0 Å². The molecule has 0 fully saturated rings. The molecule has 6 aromatic rings. The van der Waals surface area contributed by atoms with E-state index in [1.54, 1.807) is 37.3 Å². The first-order valence-corrected chi connectivity index (χ1v) is 13.8. The summed E-state index contributed by atoms with van der Waals surface area (Å²) in [6, 6.07) is 25.7. The largest absolute Gasteiger partial charge is 0.322 e. The molecule has 0 saturated heterocycles. The molecule has 0 amide bonds. The summed E-state index contributed by atoms with van der Waals surface area (Å²) in [5, 5.41) is 0.224. The maximum Gasteiger partial charge on any atom is 0.269 e. The molecule has 2 heterocycles. The van der Waals surface area contributed by atoms with Gasteiger partial charge in [0.2, 0.25) is 0 Å². The van der Waals surface area contributed by atoms with Gasteiger partial charge in [-0.25, -0.2) is 18.7 Å². The summed E-state index contributed by atoms with van der Waals surface area (Å²) >= 11 is 0. The minimum atomic E-state index is -0.573. The Hall–Kier alpha value is -5.06. The van der Waals surface area contributed by atoms with Gasteiger partial charge in [0.25, 0.3) is 11.1 Å². The van der Waals surface area contributed by atoms with Gasteiger partial charge in [-0.2, -0.15) is 0 Å². The molecule has 10 heteroatoms.